The lowest BCUT2D eigenvalue weighted by Crippen LogP contribution is -2.78. The summed E-state index contributed by atoms with van der Waals surface area (Å²) in [6.07, 6.45) is 7.69. The van der Waals surface area contributed by atoms with Crippen LogP contribution in [0.3, 0.4) is 0 Å². The molecule has 8 nitrogen and oxygen atoms in total. The number of hydrogen-bond acceptors (Lipinski definition) is 5. The highest BCUT2D eigenvalue weighted by Gasteiger charge is 2.70. The molecule has 3 saturated carbocycles. The van der Waals surface area contributed by atoms with Crippen LogP contribution in [0.25, 0.3) is 22.1 Å². The van der Waals surface area contributed by atoms with Crippen LogP contribution in [-0.2, 0) is 10.3 Å². The molecule has 138 valence electrons. The maximum atomic E-state index is 12.1. The maximum absolute atomic E-state index is 12.1. The van der Waals surface area contributed by atoms with E-state index >= 15 is 0 Å². The van der Waals surface area contributed by atoms with Crippen molar-refractivity contribution in [2.75, 3.05) is 6.61 Å². The van der Waals surface area contributed by atoms with Crippen molar-refractivity contribution >= 4 is 28.2 Å². The van der Waals surface area contributed by atoms with Crippen LogP contribution in [0.2, 0.25) is 0 Å². The lowest BCUT2D eigenvalue weighted by atomic mass is 9.44. The minimum atomic E-state index is -0.677. The Morgan fingerprint density at radius 1 is 1.44 bits per heavy atom. The van der Waals surface area contributed by atoms with E-state index in [-0.39, 0.29) is 17.7 Å². The van der Waals surface area contributed by atoms with Crippen LogP contribution in [0, 0.1) is 16.7 Å². The molecule has 3 fully saturated rings. The highest BCUT2D eigenvalue weighted by molar-refractivity contribution is 6.01. The highest BCUT2D eigenvalue weighted by Crippen LogP contribution is 2.65. The summed E-state index contributed by atoms with van der Waals surface area (Å²) in [5.41, 5.74) is 1.95. The minimum Gasteiger partial charge on any atom is -0.448 e. The van der Waals surface area contributed by atoms with Crippen molar-refractivity contribution in [3.05, 3.63) is 24.8 Å². The number of H-pyrrole nitrogens is 1. The number of carbonyl (C=O) groups is 1. The van der Waals surface area contributed by atoms with E-state index in [0.717, 1.165) is 41.3 Å². The van der Waals surface area contributed by atoms with Gasteiger partial charge >= 0.3 is 6.09 Å². The van der Waals surface area contributed by atoms with Gasteiger partial charge in [0, 0.05) is 11.6 Å². The number of alkyl carbamates (subject to hydrolysis) is 1. The molecule has 27 heavy (non-hydrogen) atoms. The zero-order valence-electron chi connectivity index (χ0n) is 15.2. The number of nitrogens with one attached hydrogen (secondary N) is 2. The van der Waals surface area contributed by atoms with E-state index < -0.39 is 11.5 Å². The van der Waals surface area contributed by atoms with Crippen LogP contribution in [0.1, 0.15) is 33.1 Å². The van der Waals surface area contributed by atoms with Crippen molar-refractivity contribution in [2.24, 2.45) is 5.41 Å². The van der Waals surface area contributed by atoms with E-state index in [4.69, 9.17) is 10.00 Å². The Hall–Kier alpha value is -3.08. The molecule has 8 heteroatoms. The minimum absolute atomic E-state index is 0.000488. The summed E-state index contributed by atoms with van der Waals surface area (Å²) in [6, 6.07) is 4.15. The molecule has 3 aromatic rings. The average Bonchev–Trinajstić information content (AvgIpc) is 3.21. The number of ether oxygens (including phenoxy) is 1. The predicted molar refractivity (Wildman–Crippen MR) is 97.8 cm³/mol. The van der Waals surface area contributed by atoms with Crippen LogP contribution in [-0.4, -0.2) is 37.8 Å². The SMILES string of the molecule is CC(C)(C#N)COC(=O)NC12CC(n3cnc4cnc5[nH]ccc5c43)(C1)C2. The fraction of sp³-hybridized carbons (Fsp3) is 0.474. The Labute approximate surface area is 155 Å². The Bertz CT molecular complexity index is 1100. The molecule has 0 unspecified atom stereocenters. The van der Waals surface area contributed by atoms with Crippen LogP contribution < -0.4 is 5.32 Å². The second-order valence-corrected chi connectivity index (χ2v) is 8.58. The number of aromatic amines is 1. The second-order valence-electron chi connectivity index (χ2n) is 8.58. The highest BCUT2D eigenvalue weighted by atomic mass is 16.5. The zero-order valence-corrected chi connectivity index (χ0v) is 15.2. The van der Waals surface area contributed by atoms with Crippen LogP contribution in [0.4, 0.5) is 4.79 Å². The molecule has 1 amide bonds. The molecule has 0 radical (unpaired) electrons. The number of imidazole rings is 1. The molecule has 0 spiro atoms. The van der Waals surface area contributed by atoms with E-state index in [9.17, 15) is 4.79 Å². The number of aromatic nitrogens is 4. The first-order valence-electron chi connectivity index (χ1n) is 9.01. The Morgan fingerprint density at radius 3 is 2.96 bits per heavy atom. The third kappa shape index (κ3) is 2.24. The predicted octanol–water partition coefficient (Wildman–Crippen LogP) is 2.82. The number of rotatable bonds is 4. The third-order valence-electron chi connectivity index (χ3n) is 5.84. The van der Waals surface area contributed by atoms with Gasteiger partial charge in [-0.3, -0.25) is 0 Å². The van der Waals surface area contributed by atoms with Gasteiger partial charge in [-0.25, -0.2) is 14.8 Å². The van der Waals surface area contributed by atoms with E-state index in [0.29, 0.717) is 0 Å². The molecular weight excluding hydrogens is 344 g/mol. The molecule has 2 N–H and O–H groups in total. The van der Waals surface area contributed by atoms with Gasteiger partial charge in [0.15, 0.2) is 0 Å². The van der Waals surface area contributed by atoms with Gasteiger partial charge in [-0.1, -0.05) is 0 Å². The third-order valence-corrected chi connectivity index (χ3v) is 5.84. The Balaban J connectivity index is 1.31. The fourth-order valence-corrected chi connectivity index (χ4v) is 4.52. The van der Waals surface area contributed by atoms with E-state index in [1.165, 1.54) is 0 Å². The molecule has 0 aliphatic heterocycles. The molecule has 0 atom stereocenters. The normalized spacial score (nSPS) is 26.3. The number of carbonyl (C=O) groups excluding carboxylic acids is 1. The number of amides is 1. The topological polar surface area (TPSA) is 109 Å². The van der Waals surface area contributed by atoms with Crippen molar-refractivity contribution < 1.29 is 9.53 Å². The summed E-state index contributed by atoms with van der Waals surface area (Å²) in [4.78, 5) is 24.2. The molecule has 3 aromatic heterocycles. The number of pyridine rings is 1. The zero-order chi connectivity index (χ0) is 18.9. The summed E-state index contributed by atoms with van der Waals surface area (Å²) in [5, 5.41) is 13.1. The van der Waals surface area contributed by atoms with Gasteiger partial charge in [0.05, 0.1) is 40.6 Å². The molecule has 6 rings (SSSR count). The van der Waals surface area contributed by atoms with Gasteiger partial charge in [-0.2, -0.15) is 5.26 Å². The first kappa shape index (κ1) is 16.1. The lowest BCUT2D eigenvalue weighted by molar-refractivity contribution is -0.131. The summed E-state index contributed by atoms with van der Waals surface area (Å²) < 4.78 is 7.47. The maximum Gasteiger partial charge on any atom is 0.407 e. The molecule has 3 aliphatic rings. The van der Waals surface area contributed by atoms with Crippen molar-refractivity contribution in [1.82, 2.24) is 24.8 Å². The van der Waals surface area contributed by atoms with Crippen LogP contribution in [0.5, 0.6) is 0 Å². The van der Waals surface area contributed by atoms with E-state index in [1.807, 2.05) is 18.6 Å². The van der Waals surface area contributed by atoms with Gasteiger partial charge < -0.3 is 19.6 Å². The van der Waals surface area contributed by atoms with Gasteiger partial charge in [-0.15, -0.1) is 0 Å². The van der Waals surface area contributed by atoms with Gasteiger partial charge in [0.25, 0.3) is 0 Å². The van der Waals surface area contributed by atoms with Crippen molar-refractivity contribution in [3.63, 3.8) is 0 Å². The van der Waals surface area contributed by atoms with E-state index in [1.54, 1.807) is 20.0 Å². The van der Waals surface area contributed by atoms with Crippen LogP contribution in [0.15, 0.2) is 24.8 Å². The monoisotopic (exact) mass is 364 g/mol. The summed E-state index contributed by atoms with van der Waals surface area (Å²) in [5.74, 6) is 0. The van der Waals surface area contributed by atoms with Crippen molar-refractivity contribution in [3.8, 4) is 6.07 Å². The molecule has 0 saturated heterocycles. The number of nitriles is 1. The quantitative estimate of drug-likeness (QED) is 0.740. The number of hydrogen-bond donors (Lipinski definition) is 2. The smallest absolute Gasteiger partial charge is 0.407 e. The average molecular weight is 364 g/mol. The van der Waals surface area contributed by atoms with Gasteiger partial charge in [0.1, 0.15) is 17.8 Å². The molecule has 0 aromatic carbocycles. The van der Waals surface area contributed by atoms with E-state index in [2.05, 4.69) is 30.9 Å². The standard InChI is InChI=1S/C19H20N6O2/c1-17(2,9-20)10-27-16(26)24-18-6-19(7-18,8-18)25-11-23-13-5-22-15-12(14(13)25)3-4-21-15/h3-5,11H,6-8,10H2,1-2H3,(H,21,22)(H,24,26). The van der Waals surface area contributed by atoms with Gasteiger partial charge in [0.2, 0.25) is 0 Å². The lowest BCUT2D eigenvalue weighted by Gasteiger charge is -2.70. The van der Waals surface area contributed by atoms with Gasteiger partial charge in [-0.05, 0) is 39.2 Å². The largest absolute Gasteiger partial charge is 0.448 e. The van der Waals surface area contributed by atoms with Crippen LogP contribution >= 0.6 is 0 Å². The Morgan fingerprint density at radius 2 is 2.22 bits per heavy atom. The summed E-state index contributed by atoms with van der Waals surface area (Å²) >= 11 is 0. The first-order chi connectivity index (χ1) is 12.9. The fourth-order valence-electron chi connectivity index (χ4n) is 4.52. The molecule has 3 heterocycles. The van der Waals surface area contributed by atoms with Crippen molar-refractivity contribution in [2.45, 2.75) is 44.2 Å². The summed E-state index contributed by atoms with van der Waals surface area (Å²) in [7, 11) is 0. The first-order valence-corrected chi connectivity index (χ1v) is 9.01. The number of nitrogens with zero attached hydrogens (tertiary/aromatic N) is 4. The Kier molecular flexibility index (Phi) is 2.99. The molecule has 2 bridgehead atoms. The molecular formula is C19H20N6O2. The summed E-state index contributed by atoms with van der Waals surface area (Å²) in [6.45, 7) is 3.58. The van der Waals surface area contributed by atoms with Crippen molar-refractivity contribution in [1.29, 1.82) is 5.26 Å². The number of fused-ring (bicyclic) bond motifs is 3. The molecule has 3 aliphatic carbocycles. The second kappa shape index (κ2) is 5.00.